The number of carbonyl (C=O) groups excluding carboxylic acids is 1. The Morgan fingerprint density at radius 2 is 2.00 bits per heavy atom. The van der Waals surface area contributed by atoms with Crippen LogP contribution in [0.5, 0.6) is 0 Å². The fourth-order valence-corrected chi connectivity index (χ4v) is 3.35. The van der Waals surface area contributed by atoms with Crippen molar-refractivity contribution in [2.75, 3.05) is 31.5 Å². The Morgan fingerprint density at radius 1 is 1.21 bits per heavy atom. The number of aryl methyl sites for hydroxylation is 1. The summed E-state index contributed by atoms with van der Waals surface area (Å²) in [4.78, 5) is 20.8. The van der Waals surface area contributed by atoms with Gasteiger partial charge in [0.15, 0.2) is 5.58 Å². The molecule has 0 radical (unpaired) electrons. The highest BCUT2D eigenvalue weighted by Crippen LogP contribution is 2.21. The molecule has 0 bridgehead atoms. The molecule has 1 saturated heterocycles. The summed E-state index contributed by atoms with van der Waals surface area (Å²) in [6, 6.07) is 9.84. The standard InChI is InChI=1S/C20H20ClFN4O2/c1-13-2-4-15(11-16(13)22)23-20(27)26-8-6-25(7-9-26)12-19-24-17-5-3-14(21)10-18(17)28-19/h2-5,10-11H,6-9,12H2,1H3,(H,23,27). The van der Waals surface area contributed by atoms with Gasteiger partial charge in [-0.15, -0.1) is 0 Å². The number of hydrogen-bond acceptors (Lipinski definition) is 4. The molecule has 0 spiro atoms. The lowest BCUT2D eigenvalue weighted by Crippen LogP contribution is -2.49. The van der Waals surface area contributed by atoms with E-state index in [4.69, 9.17) is 16.0 Å². The van der Waals surface area contributed by atoms with Gasteiger partial charge in [0, 0.05) is 43.0 Å². The molecule has 146 valence electrons. The molecule has 3 aromatic rings. The maximum absolute atomic E-state index is 13.6. The number of halogens is 2. The molecule has 1 aliphatic rings. The van der Waals surface area contributed by atoms with Crippen LogP contribution < -0.4 is 5.32 Å². The quantitative estimate of drug-likeness (QED) is 0.710. The number of fused-ring (bicyclic) bond motifs is 1. The predicted molar refractivity (Wildman–Crippen MR) is 106 cm³/mol. The van der Waals surface area contributed by atoms with Crippen molar-refractivity contribution < 1.29 is 13.6 Å². The molecule has 1 N–H and O–H groups in total. The molecule has 2 amide bonds. The fraction of sp³-hybridized carbons (Fsp3) is 0.300. The SMILES string of the molecule is Cc1ccc(NC(=O)N2CCN(Cc3nc4ccc(Cl)cc4o3)CC2)cc1F. The molecule has 0 aliphatic carbocycles. The van der Waals surface area contributed by atoms with Gasteiger partial charge in [-0.25, -0.2) is 14.2 Å². The molecule has 0 unspecified atom stereocenters. The number of anilines is 1. The minimum Gasteiger partial charge on any atom is -0.439 e. The Labute approximate surface area is 166 Å². The van der Waals surface area contributed by atoms with Crippen molar-refractivity contribution in [2.24, 2.45) is 0 Å². The van der Waals surface area contributed by atoms with Gasteiger partial charge in [0.25, 0.3) is 0 Å². The van der Waals surface area contributed by atoms with E-state index in [2.05, 4.69) is 15.2 Å². The molecule has 28 heavy (non-hydrogen) atoms. The molecule has 0 saturated carbocycles. The topological polar surface area (TPSA) is 61.6 Å². The van der Waals surface area contributed by atoms with E-state index in [0.29, 0.717) is 60.5 Å². The molecule has 6 nitrogen and oxygen atoms in total. The number of nitrogens with zero attached hydrogens (tertiary/aromatic N) is 3. The smallest absolute Gasteiger partial charge is 0.321 e. The van der Waals surface area contributed by atoms with Crippen LogP contribution in [-0.2, 0) is 6.54 Å². The van der Waals surface area contributed by atoms with Crippen LogP contribution in [0.15, 0.2) is 40.8 Å². The highest BCUT2D eigenvalue weighted by Gasteiger charge is 2.22. The van der Waals surface area contributed by atoms with E-state index in [9.17, 15) is 9.18 Å². The second kappa shape index (κ2) is 7.77. The van der Waals surface area contributed by atoms with Crippen molar-refractivity contribution >= 4 is 34.4 Å². The maximum Gasteiger partial charge on any atom is 0.321 e. The summed E-state index contributed by atoms with van der Waals surface area (Å²) >= 11 is 5.98. The summed E-state index contributed by atoms with van der Waals surface area (Å²) in [6.45, 7) is 4.82. The van der Waals surface area contributed by atoms with E-state index >= 15 is 0 Å². The third kappa shape index (κ3) is 4.10. The molecule has 1 aromatic heterocycles. The van der Waals surface area contributed by atoms with Crippen LogP contribution in [0.2, 0.25) is 5.02 Å². The monoisotopic (exact) mass is 402 g/mol. The lowest BCUT2D eigenvalue weighted by molar-refractivity contribution is 0.136. The summed E-state index contributed by atoms with van der Waals surface area (Å²) in [5.41, 5.74) is 2.46. The Hall–Kier alpha value is -2.64. The number of rotatable bonds is 3. The number of carbonyl (C=O) groups is 1. The molecule has 1 aliphatic heterocycles. The van der Waals surface area contributed by atoms with Gasteiger partial charge in [-0.2, -0.15) is 0 Å². The van der Waals surface area contributed by atoms with Gasteiger partial charge >= 0.3 is 6.03 Å². The van der Waals surface area contributed by atoms with E-state index in [1.807, 2.05) is 6.07 Å². The first-order chi connectivity index (χ1) is 13.5. The van der Waals surface area contributed by atoms with Crippen molar-refractivity contribution in [3.63, 3.8) is 0 Å². The molecule has 2 aromatic carbocycles. The van der Waals surface area contributed by atoms with Gasteiger partial charge in [-0.3, -0.25) is 4.90 Å². The predicted octanol–water partition coefficient (Wildman–Crippen LogP) is 4.28. The summed E-state index contributed by atoms with van der Waals surface area (Å²) in [7, 11) is 0. The average Bonchev–Trinajstić information content (AvgIpc) is 3.06. The number of amides is 2. The number of hydrogen-bond donors (Lipinski definition) is 1. The highest BCUT2D eigenvalue weighted by atomic mass is 35.5. The Kier molecular flexibility index (Phi) is 5.19. The average molecular weight is 403 g/mol. The van der Waals surface area contributed by atoms with Gasteiger partial charge in [0.1, 0.15) is 11.3 Å². The van der Waals surface area contributed by atoms with E-state index < -0.39 is 0 Å². The zero-order valence-corrected chi connectivity index (χ0v) is 16.2. The lowest BCUT2D eigenvalue weighted by atomic mass is 10.2. The van der Waals surface area contributed by atoms with E-state index in [0.717, 1.165) is 5.52 Å². The second-order valence-corrected chi connectivity index (χ2v) is 7.31. The van der Waals surface area contributed by atoms with Gasteiger partial charge in [-0.1, -0.05) is 17.7 Å². The van der Waals surface area contributed by atoms with E-state index in [1.54, 1.807) is 36.1 Å². The highest BCUT2D eigenvalue weighted by molar-refractivity contribution is 6.31. The molecular formula is C20H20ClFN4O2. The number of urea groups is 1. The van der Waals surface area contributed by atoms with Gasteiger partial charge in [0.2, 0.25) is 5.89 Å². The molecule has 4 rings (SSSR count). The van der Waals surface area contributed by atoms with Crippen LogP contribution >= 0.6 is 11.6 Å². The van der Waals surface area contributed by atoms with Crippen LogP contribution in [0.25, 0.3) is 11.1 Å². The van der Waals surface area contributed by atoms with Crippen molar-refractivity contribution in [1.82, 2.24) is 14.8 Å². The Morgan fingerprint density at radius 3 is 2.75 bits per heavy atom. The first kappa shape index (κ1) is 18.7. The van der Waals surface area contributed by atoms with Crippen molar-refractivity contribution in [3.8, 4) is 0 Å². The third-order valence-electron chi connectivity index (χ3n) is 4.84. The molecule has 8 heteroatoms. The number of piperazine rings is 1. The van der Waals surface area contributed by atoms with Crippen molar-refractivity contribution in [3.05, 3.63) is 58.7 Å². The summed E-state index contributed by atoms with van der Waals surface area (Å²) in [5.74, 6) is 0.299. The first-order valence-electron chi connectivity index (χ1n) is 9.07. The summed E-state index contributed by atoms with van der Waals surface area (Å²) < 4.78 is 19.4. The van der Waals surface area contributed by atoms with Crippen LogP contribution in [0.1, 0.15) is 11.5 Å². The minimum atomic E-state index is -0.331. The number of oxazole rings is 1. The van der Waals surface area contributed by atoms with Gasteiger partial charge in [0.05, 0.1) is 6.54 Å². The van der Waals surface area contributed by atoms with Gasteiger partial charge in [-0.05, 0) is 36.8 Å². The fourth-order valence-electron chi connectivity index (χ4n) is 3.19. The molecular weight excluding hydrogens is 383 g/mol. The summed E-state index contributed by atoms with van der Waals surface area (Å²) in [5, 5.41) is 3.37. The molecule has 2 heterocycles. The first-order valence-corrected chi connectivity index (χ1v) is 9.45. The second-order valence-electron chi connectivity index (χ2n) is 6.88. The number of aromatic nitrogens is 1. The summed E-state index contributed by atoms with van der Waals surface area (Å²) in [6.07, 6.45) is 0. The number of nitrogens with one attached hydrogen (secondary N) is 1. The zero-order valence-electron chi connectivity index (χ0n) is 15.4. The van der Waals surface area contributed by atoms with E-state index in [-0.39, 0.29) is 11.8 Å². The van der Waals surface area contributed by atoms with Gasteiger partial charge < -0.3 is 14.6 Å². The van der Waals surface area contributed by atoms with Crippen LogP contribution in [0, 0.1) is 12.7 Å². The Bertz CT molecular complexity index is 1010. The van der Waals surface area contributed by atoms with Crippen molar-refractivity contribution in [1.29, 1.82) is 0 Å². The third-order valence-corrected chi connectivity index (χ3v) is 5.07. The Balaban J connectivity index is 1.32. The minimum absolute atomic E-state index is 0.223. The molecule has 0 atom stereocenters. The lowest BCUT2D eigenvalue weighted by Gasteiger charge is -2.34. The van der Waals surface area contributed by atoms with Crippen LogP contribution in [0.4, 0.5) is 14.9 Å². The van der Waals surface area contributed by atoms with Crippen molar-refractivity contribution in [2.45, 2.75) is 13.5 Å². The van der Waals surface area contributed by atoms with E-state index in [1.165, 1.54) is 6.07 Å². The molecule has 1 fully saturated rings. The number of benzene rings is 2. The normalized spacial score (nSPS) is 15.2. The van der Waals surface area contributed by atoms with Crippen LogP contribution in [0.3, 0.4) is 0 Å². The largest absolute Gasteiger partial charge is 0.439 e. The zero-order chi connectivity index (χ0) is 19.7. The van der Waals surface area contributed by atoms with Crippen LogP contribution in [-0.4, -0.2) is 47.0 Å². The maximum atomic E-state index is 13.6.